The average Bonchev–Trinajstić information content (AvgIpc) is 1.80. The third kappa shape index (κ3) is 1.37. The number of hydrogen-bond donors (Lipinski definition) is 2. The summed E-state index contributed by atoms with van der Waals surface area (Å²) in [5, 5.41) is 17.7. The minimum absolute atomic E-state index is 0.102. The highest BCUT2D eigenvalue weighted by molar-refractivity contribution is 7.80. The minimum Gasteiger partial charge on any atom is -0.508 e. The number of aliphatic hydroxyl groups excluding tert-OH is 2. The second-order valence-electron chi connectivity index (χ2n) is 1.78. The van der Waals surface area contributed by atoms with E-state index in [1.165, 1.54) is 18.2 Å². The fraction of sp³-hybridized carbons (Fsp3) is 0.167. The van der Waals surface area contributed by atoms with E-state index in [0.717, 1.165) is 0 Å². The molecule has 1 aliphatic carbocycles. The van der Waals surface area contributed by atoms with Crippen LogP contribution in [0.3, 0.4) is 0 Å². The van der Waals surface area contributed by atoms with Crippen molar-refractivity contribution >= 4 is 17.1 Å². The summed E-state index contributed by atoms with van der Waals surface area (Å²) in [4.78, 5) is 0.356. The van der Waals surface area contributed by atoms with E-state index < -0.39 is 6.10 Å². The average molecular weight is 142 g/mol. The van der Waals surface area contributed by atoms with Gasteiger partial charge in [0, 0.05) is 0 Å². The van der Waals surface area contributed by atoms with Gasteiger partial charge < -0.3 is 10.2 Å². The molecule has 9 heavy (non-hydrogen) atoms. The van der Waals surface area contributed by atoms with E-state index in [0.29, 0.717) is 4.86 Å². The number of hydrogen-bond acceptors (Lipinski definition) is 3. The number of aliphatic hydroxyl groups is 2. The van der Waals surface area contributed by atoms with Crippen LogP contribution in [0.5, 0.6) is 0 Å². The highest BCUT2D eigenvalue weighted by Crippen LogP contribution is 2.05. The van der Waals surface area contributed by atoms with Crippen LogP contribution in [0.1, 0.15) is 0 Å². The van der Waals surface area contributed by atoms with Crippen LogP contribution < -0.4 is 0 Å². The van der Waals surface area contributed by atoms with E-state index in [1.54, 1.807) is 0 Å². The Hall–Kier alpha value is -0.670. The molecular formula is C6H6O2S. The highest BCUT2D eigenvalue weighted by atomic mass is 32.1. The predicted molar refractivity (Wildman–Crippen MR) is 38.5 cm³/mol. The smallest absolute Gasteiger partial charge is 0.116 e. The summed E-state index contributed by atoms with van der Waals surface area (Å²) in [6.07, 6.45) is 3.52. The lowest BCUT2D eigenvalue weighted by molar-refractivity contribution is 0.289. The number of rotatable bonds is 0. The first-order chi connectivity index (χ1) is 4.20. The predicted octanol–water partition coefficient (Wildman–Crippen LogP) is 0.729. The van der Waals surface area contributed by atoms with E-state index in [1.807, 2.05) is 0 Å². The summed E-state index contributed by atoms with van der Waals surface area (Å²) in [5.74, 6) is 0.102. The molecule has 3 heteroatoms. The maximum atomic E-state index is 8.91. The number of allylic oxidation sites excluding steroid dienone is 1. The van der Waals surface area contributed by atoms with Crippen molar-refractivity contribution in [1.82, 2.24) is 0 Å². The molecule has 1 rings (SSSR count). The summed E-state index contributed by atoms with van der Waals surface area (Å²) in [7, 11) is 0. The van der Waals surface area contributed by atoms with Crippen molar-refractivity contribution in [3.05, 3.63) is 24.0 Å². The molecule has 0 heterocycles. The van der Waals surface area contributed by atoms with Crippen molar-refractivity contribution in [2.45, 2.75) is 6.10 Å². The Morgan fingerprint density at radius 2 is 2.22 bits per heavy atom. The molecule has 0 aromatic rings. The molecule has 0 fully saturated rings. The molecule has 0 amide bonds. The topological polar surface area (TPSA) is 40.5 Å². The van der Waals surface area contributed by atoms with Crippen LogP contribution in [0.25, 0.3) is 0 Å². The van der Waals surface area contributed by atoms with Gasteiger partial charge in [0.1, 0.15) is 11.9 Å². The SMILES string of the molecule is OC1=CC(=S)C(O)C=C1. The van der Waals surface area contributed by atoms with Crippen LogP contribution in [0.4, 0.5) is 0 Å². The summed E-state index contributed by atoms with van der Waals surface area (Å²) < 4.78 is 0. The lowest BCUT2D eigenvalue weighted by atomic mass is 10.1. The van der Waals surface area contributed by atoms with Crippen molar-refractivity contribution in [3.8, 4) is 0 Å². The van der Waals surface area contributed by atoms with E-state index in [9.17, 15) is 0 Å². The fourth-order valence-corrected chi connectivity index (χ4v) is 0.763. The summed E-state index contributed by atoms with van der Waals surface area (Å²) in [6, 6.07) is 0. The Labute approximate surface area is 58.1 Å². The molecule has 0 radical (unpaired) electrons. The monoisotopic (exact) mass is 142 g/mol. The zero-order valence-corrected chi connectivity index (χ0v) is 5.43. The first-order valence-electron chi connectivity index (χ1n) is 2.51. The zero-order valence-electron chi connectivity index (χ0n) is 4.61. The molecule has 2 nitrogen and oxygen atoms in total. The Morgan fingerprint density at radius 3 is 2.67 bits per heavy atom. The number of thiocarbonyl (C=S) groups is 1. The van der Waals surface area contributed by atoms with Crippen LogP contribution >= 0.6 is 12.2 Å². The largest absolute Gasteiger partial charge is 0.508 e. The standard InChI is InChI=1S/C6H6O2S/c7-4-1-2-5(8)6(9)3-4/h1-3,5,7-8H. The van der Waals surface area contributed by atoms with Gasteiger partial charge in [0.15, 0.2) is 0 Å². The molecule has 0 aromatic heterocycles. The van der Waals surface area contributed by atoms with Gasteiger partial charge in [-0.3, -0.25) is 0 Å². The molecule has 0 bridgehead atoms. The maximum absolute atomic E-state index is 8.91. The first-order valence-corrected chi connectivity index (χ1v) is 2.92. The third-order valence-electron chi connectivity index (χ3n) is 1.03. The van der Waals surface area contributed by atoms with Gasteiger partial charge in [0.2, 0.25) is 0 Å². The van der Waals surface area contributed by atoms with Gasteiger partial charge in [-0.05, 0) is 18.2 Å². The molecule has 48 valence electrons. The first kappa shape index (κ1) is 6.45. The van der Waals surface area contributed by atoms with E-state index in [4.69, 9.17) is 10.2 Å². The molecule has 0 saturated heterocycles. The second-order valence-corrected chi connectivity index (χ2v) is 2.25. The molecule has 1 unspecified atom stereocenters. The van der Waals surface area contributed by atoms with Crippen LogP contribution in [0.15, 0.2) is 24.0 Å². The maximum Gasteiger partial charge on any atom is 0.116 e. The lowest BCUT2D eigenvalue weighted by Gasteiger charge is -2.07. The summed E-state index contributed by atoms with van der Waals surface area (Å²) in [6.45, 7) is 0. The van der Waals surface area contributed by atoms with Gasteiger partial charge >= 0.3 is 0 Å². The van der Waals surface area contributed by atoms with Gasteiger partial charge in [-0.2, -0.15) is 0 Å². The van der Waals surface area contributed by atoms with Crippen LogP contribution in [0, 0.1) is 0 Å². The molecular weight excluding hydrogens is 136 g/mol. The van der Waals surface area contributed by atoms with Crippen LogP contribution in [0.2, 0.25) is 0 Å². The molecule has 0 saturated carbocycles. The van der Waals surface area contributed by atoms with Crippen molar-refractivity contribution in [2.75, 3.05) is 0 Å². The fourth-order valence-electron chi connectivity index (χ4n) is 0.564. The van der Waals surface area contributed by atoms with Crippen molar-refractivity contribution in [1.29, 1.82) is 0 Å². The zero-order chi connectivity index (χ0) is 6.85. The molecule has 0 spiro atoms. The lowest BCUT2D eigenvalue weighted by Crippen LogP contribution is -2.16. The Morgan fingerprint density at radius 1 is 1.56 bits per heavy atom. The second kappa shape index (κ2) is 2.29. The Kier molecular flexibility index (Phi) is 1.64. The van der Waals surface area contributed by atoms with Gasteiger partial charge in [0.25, 0.3) is 0 Å². The summed E-state index contributed by atoms with van der Waals surface area (Å²) >= 11 is 4.67. The minimum atomic E-state index is -0.698. The van der Waals surface area contributed by atoms with E-state index in [2.05, 4.69) is 12.2 Å². The molecule has 2 N–H and O–H groups in total. The molecule has 0 aromatic carbocycles. The van der Waals surface area contributed by atoms with Crippen LogP contribution in [-0.2, 0) is 0 Å². The van der Waals surface area contributed by atoms with Crippen molar-refractivity contribution < 1.29 is 10.2 Å². The normalized spacial score (nSPS) is 26.1. The third-order valence-corrected chi connectivity index (χ3v) is 1.39. The quantitative estimate of drug-likeness (QED) is 0.490. The Bertz CT molecular complexity index is 193. The van der Waals surface area contributed by atoms with Gasteiger partial charge in [0.05, 0.1) is 4.86 Å². The van der Waals surface area contributed by atoms with E-state index >= 15 is 0 Å². The molecule has 0 aliphatic heterocycles. The van der Waals surface area contributed by atoms with Gasteiger partial charge in [-0.25, -0.2) is 0 Å². The highest BCUT2D eigenvalue weighted by Gasteiger charge is 2.08. The van der Waals surface area contributed by atoms with Crippen molar-refractivity contribution in [2.24, 2.45) is 0 Å². The van der Waals surface area contributed by atoms with Gasteiger partial charge in [-0.15, -0.1) is 0 Å². The molecule has 1 aliphatic rings. The van der Waals surface area contributed by atoms with Gasteiger partial charge in [-0.1, -0.05) is 12.2 Å². The summed E-state index contributed by atoms with van der Waals surface area (Å²) in [5.41, 5.74) is 0. The Balaban J connectivity index is 2.82. The molecule has 1 atom stereocenters. The van der Waals surface area contributed by atoms with Crippen LogP contribution in [-0.4, -0.2) is 21.2 Å². The van der Waals surface area contributed by atoms with Crippen molar-refractivity contribution in [3.63, 3.8) is 0 Å². The van der Waals surface area contributed by atoms with E-state index in [-0.39, 0.29) is 5.76 Å².